The molecule has 3 rings (SSSR count). The summed E-state index contributed by atoms with van der Waals surface area (Å²) in [5.74, 6) is -1.84. The molecule has 10 heteroatoms. The molecule has 2 aromatic rings. The number of nitrogens with one attached hydrogen (secondary N) is 2. The zero-order valence-electron chi connectivity index (χ0n) is 19.1. The normalized spacial score (nSPS) is 20.0. The summed E-state index contributed by atoms with van der Waals surface area (Å²) < 4.78 is 26.1. The SMILES string of the molecule is CN(C)S(=O)(=O)c1c(Cl)ccc(NC2C(=O)C(=O)C2NC(c2ccccc2)C(C)(C)C)c1O. The van der Waals surface area contributed by atoms with Crippen molar-refractivity contribution in [2.45, 2.75) is 43.8 Å². The smallest absolute Gasteiger partial charge is 0.247 e. The first kappa shape index (κ1) is 25.2. The minimum absolute atomic E-state index is 0.00973. The third-order valence-corrected chi connectivity index (χ3v) is 7.94. The molecule has 1 fully saturated rings. The van der Waals surface area contributed by atoms with Crippen molar-refractivity contribution in [1.29, 1.82) is 0 Å². The Balaban J connectivity index is 1.93. The largest absolute Gasteiger partial charge is 0.504 e. The lowest BCUT2D eigenvalue weighted by atomic mass is 9.77. The van der Waals surface area contributed by atoms with Crippen LogP contribution in [0.5, 0.6) is 5.75 Å². The van der Waals surface area contributed by atoms with E-state index < -0.39 is 44.3 Å². The van der Waals surface area contributed by atoms with Crippen molar-refractivity contribution in [2.24, 2.45) is 5.41 Å². The van der Waals surface area contributed by atoms with Crippen LogP contribution in [0.1, 0.15) is 32.4 Å². The quantitative estimate of drug-likeness (QED) is 0.401. The fourth-order valence-electron chi connectivity index (χ4n) is 3.76. The number of sulfonamides is 1. The van der Waals surface area contributed by atoms with Gasteiger partial charge in [0.25, 0.3) is 0 Å². The topological polar surface area (TPSA) is 116 Å². The Kier molecular flexibility index (Phi) is 6.91. The summed E-state index contributed by atoms with van der Waals surface area (Å²) in [4.78, 5) is 24.4. The van der Waals surface area contributed by atoms with E-state index in [2.05, 4.69) is 10.6 Å². The van der Waals surface area contributed by atoms with E-state index in [-0.39, 0.29) is 22.2 Å². The third-order valence-electron chi connectivity index (χ3n) is 5.62. The molecule has 0 spiro atoms. The number of carbonyl (C=O) groups is 2. The molecule has 0 bridgehead atoms. The zero-order valence-corrected chi connectivity index (χ0v) is 20.7. The van der Waals surface area contributed by atoms with E-state index in [1.54, 1.807) is 0 Å². The first-order valence-electron chi connectivity index (χ1n) is 10.4. The number of carbonyl (C=O) groups excluding carboxylic acids is 2. The van der Waals surface area contributed by atoms with Crippen LogP contribution < -0.4 is 10.6 Å². The number of aromatic hydroxyl groups is 1. The highest BCUT2D eigenvalue weighted by Crippen LogP contribution is 2.40. The molecule has 0 aromatic heterocycles. The molecular weight excluding hydrogens is 466 g/mol. The molecule has 0 heterocycles. The highest BCUT2D eigenvalue weighted by atomic mass is 35.5. The summed E-state index contributed by atoms with van der Waals surface area (Å²) in [6.07, 6.45) is 0. The van der Waals surface area contributed by atoms with Crippen LogP contribution in [0, 0.1) is 5.41 Å². The lowest BCUT2D eigenvalue weighted by molar-refractivity contribution is -0.146. The minimum atomic E-state index is -4.05. The van der Waals surface area contributed by atoms with Gasteiger partial charge in [-0.3, -0.25) is 14.9 Å². The maximum atomic E-state index is 12.6. The molecule has 0 radical (unpaired) electrons. The second-order valence-electron chi connectivity index (χ2n) is 9.26. The van der Waals surface area contributed by atoms with Crippen molar-refractivity contribution in [3.05, 3.63) is 53.1 Å². The van der Waals surface area contributed by atoms with E-state index in [0.29, 0.717) is 0 Å². The van der Waals surface area contributed by atoms with Crippen molar-refractivity contribution in [3.8, 4) is 5.75 Å². The molecule has 1 saturated carbocycles. The van der Waals surface area contributed by atoms with E-state index in [4.69, 9.17) is 11.6 Å². The van der Waals surface area contributed by atoms with Crippen molar-refractivity contribution in [2.75, 3.05) is 19.4 Å². The van der Waals surface area contributed by atoms with Gasteiger partial charge in [-0.25, -0.2) is 12.7 Å². The molecular formula is C23H28ClN3O5S. The van der Waals surface area contributed by atoms with E-state index in [1.807, 2.05) is 51.1 Å². The summed E-state index contributed by atoms with van der Waals surface area (Å²) in [7, 11) is -1.42. The summed E-state index contributed by atoms with van der Waals surface area (Å²) in [6, 6.07) is 10.2. The molecule has 3 N–H and O–H groups in total. The minimum Gasteiger partial charge on any atom is -0.504 e. The zero-order chi connectivity index (χ0) is 24.7. The summed E-state index contributed by atoms with van der Waals surface area (Å²) in [6.45, 7) is 6.07. The fraction of sp³-hybridized carbons (Fsp3) is 0.391. The van der Waals surface area contributed by atoms with Gasteiger partial charge < -0.3 is 10.4 Å². The number of Topliss-reactive ketones (excluding diaryl/α,β-unsaturated/α-hetero) is 2. The molecule has 1 aliphatic rings. The standard InChI is InChI=1S/C23H28ClN3O5S/c1-23(2,3)22(13-9-7-6-8-10-13)26-17-16(19(29)20(17)30)25-15-12-11-14(24)21(18(15)28)33(31,32)27(4)5/h6-12,16-17,22,25-26,28H,1-5H3. The predicted molar refractivity (Wildman–Crippen MR) is 127 cm³/mol. The van der Waals surface area contributed by atoms with Crippen molar-refractivity contribution >= 4 is 38.9 Å². The van der Waals surface area contributed by atoms with E-state index in [9.17, 15) is 23.1 Å². The molecule has 178 valence electrons. The predicted octanol–water partition coefficient (Wildman–Crippen LogP) is 2.97. The van der Waals surface area contributed by atoms with Crippen LogP contribution in [0.15, 0.2) is 47.4 Å². The number of nitrogens with zero attached hydrogens (tertiary/aromatic N) is 1. The Morgan fingerprint density at radius 1 is 1.00 bits per heavy atom. The van der Waals surface area contributed by atoms with Crippen LogP contribution in [0.4, 0.5) is 5.69 Å². The molecule has 3 unspecified atom stereocenters. The number of phenols is 1. The number of hydrogen-bond acceptors (Lipinski definition) is 7. The maximum absolute atomic E-state index is 12.6. The molecule has 1 aliphatic carbocycles. The molecule has 0 amide bonds. The molecule has 3 atom stereocenters. The van der Waals surface area contributed by atoms with Gasteiger partial charge in [0, 0.05) is 20.1 Å². The average molecular weight is 494 g/mol. The van der Waals surface area contributed by atoms with Gasteiger partial charge in [0.1, 0.15) is 17.0 Å². The molecule has 0 aliphatic heterocycles. The second-order valence-corrected chi connectivity index (χ2v) is 11.8. The Hall–Kier alpha value is -2.46. The van der Waals surface area contributed by atoms with E-state index >= 15 is 0 Å². The van der Waals surface area contributed by atoms with Gasteiger partial charge in [-0.05, 0) is 23.1 Å². The van der Waals surface area contributed by atoms with Crippen LogP contribution in [0.3, 0.4) is 0 Å². The first-order valence-corrected chi connectivity index (χ1v) is 12.2. The van der Waals surface area contributed by atoms with Crippen molar-refractivity contribution < 1.29 is 23.1 Å². The van der Waals surface area contributed by atoms with Gasteiger partial charge in [0.2, 0.25) is 21.6 Å². The van der Waals surface area contributed by atoms with Gasteiger partial charge >= 0.3 is 0 Å². The monoisotopic (exact) mass is 493 g/mol. The first-order chi connectivity index (χ1) is 15.3. The van der Waals surface area contributed by atoms with E-state index in [0.717, 1.165) is 9.87 Å². The Morgan fingerprint density at radius 3 is 2.12 bits per heavy atom. The highest BCUT2D eigenvalue weighted by Gasteiger charge is 2.51. The number of halogens is 1. The van der Waals surface area contributed by atoms with Crippen LogP contribution in [-0.4, -0.2) is 55.6 Å². The molecule has 8 nitrogen and oxygen atoms in total. The number of benzene rings is 2. The van der Waals surface area contributed by atoms with Crippen molar-refractivity contribution in [1.82, 2.24) is 9.62 Å². The average Bonchev–Trinajstić information content (AvgIpc) is 2.73. The van der Waals surface area contributed by atoms with Gasteiger partial charge in [-0.1, -0.05) is 62.7 Å². The Bertz CT molecular complexity index is 1180. The number of anilines is 1. The van der Waals surface area contributed by atoms with Crippen LogP contribution in [0.2, 0.25) is 5.02 Å². The van der Waals surface area contributed by atoms with Gasteiger partial charge in [0.15, 0.2) is 5.75 Å². The summed E-state index contributed by atoms with van der Waals surface area (Å²) in [5, 5.41) is 16.6. The third kappa shape index (κ3) is 4.77. The van der Waals surface area contributed by atoms with Crippen LogP contribution >= 0.6 is 11.6 Å². The highest BCUT2D eigenvalue weighted by molar-refractivity contribution is 7.89. The van der Waals surface area contributed by atoms with Crippen LogP contribution in [-0.2, 0) is 19.6 Å². The summed E-state index contributed by atoms with van der Waals surface area (Å²) in [5.41, 5.74) is 0.675. The van der Waals surface area contributed by atoms with Crippen molar-refractivity contribution in [3.63, 3.8) is 0 Å². The number of ketones is 2. The lowest BCUT2D eigenvalue weighted by Crippen LogP contribution is -2.68. The van der Waals surface area contributed by atoms with Gasteiger partial charge in [-0.2, -0.15) is 0 Å². The second kappa shape index (κ2) is 9.06. The van der Waals surface area contributed by atoms with Crippen LogP contribution in [0.25, 0.3) is 0 Å². The molecule has 0 saturated heterocycles. The van der Waals surface area contributed by atoms with Gasteiger partial charge in [-0.15, -0.1) is 0 Å². The molecule has 33 heavy (non-hydrogen) atoms. The fourth-order valence-corrected chi connectivity index (χ4v) is 5.24. The number of phenolic OH excluding ortho intramolecular Hbond substituents is 1. The summed E-state index contributed by atoms with van der Waals surface area (Å²) >= 11 is 6.05. The number of hydrogen-bond donors (Lipinski definition) is 3. The molecule has 2 aromatic carbocycles. The van der Waals surface area contributed by atoms with E-state index in [1.165, 1.54) is 26.2 Å². The Labute approximate surface area is 199 Å². The lowest BCUT2D eigenvalue weighted by Gasteiger charge is -2.41. The Morgan fingerprint density at radius 2 is 1.58 bits per heavy atom. The van der Waals surface area contributed by atoms with Gasteiger partial charge in [0.05, 0.1) is 10.7 Å². The number of rotatable bonds is 7. The maximum Gasteiger partial charge on any atom is 0.247 e.